The first-order chi connectivity index (χ1) is 11.1. The van der Waals surface area contributed by atoms with Crippen molar-refractivity contribution < 1.29 is 9.18 Å². The van der Waals surface area contributed by atoms with E-state index in [0.717, 1.165) is 44.5 Å². The van der Waals surface area contributed by atoms with Crippen molar-refractivity contribution in [2.24, 2.45) is 0 Å². The van der Waals surface area contributed by atoms with Gasteiger partial charge in [0.1, 0.15) is 5.82 Å². The van der Waals surface area contributed by atoms with Crippen LogP contribution in [-0.2, 0) is 11.2 Å². The lowest BCUT2D eigenvalue weighted by molar-refractivity contribution is -0.128. The van der Waals surface area contributed by atoms with Crippen molar-refractivity contribution in [3.63, 3.8) is 0 Å². The Bertz CT molecular complexity index is 539. The molecule has 1 aliphatic heterocycles. The number of carbonyl (C=O) groups excluding carboxylic acids is 1. The Hall–Kier alpha value is -1.68. The Morgan fingerprint density at radius 2 is 2.04 bits per heavy atom. The standard InChI is InChI=1S/C19H27FN2O/c1-3-11-21-12-4-5-18(14-21)15-22(16(2)23)13-10-17-6-8-19(20)9-7-17/h5-9H,3-4,10-15H2,1-2H3. The van der Waals surface area contributed by atoms with E-state index in [-0.39, 0.29) is 11.7 Å². The predicted molar refractivity (Wildman–Crippen MR) is 91.8 cm³/mol. The zero-order chi connectivity index (χ0) is 16.7. The van der Waals surface area contributed by atoms with Crippen molar-refractivity contribution in [1.82, 2.24) is 9.80 Å². The molecule has 0 aromatic heterocycles. The minimum absolute atomic E-state index is 0.0978. The van der Waals surface area contributed by atoms with Gasteiger partial charge in [0.05, 0.1) is 0 Å². The third-order valence-electron chi connectivity index (χ3n) is 4.27. The third-order valence-corrected chi connectivity index (χ3v) is 4.27. The van der Waals surface area contributed by atoms with E-state index in [1.165, 1.54) is 17.7 Å². The summed E-state index contributed by atoms with van der Waals surface area (Å²) in [6.45, 7) is 8.40. The Morgan fingerprint density at radius 1 is 1.30 bits per heavy atom. The average molecular weight is 318 g/mol. The predicted octanol–water partition coefficient (Wildman–Crippen LogP) is 3.26. The van der Waals surface area contributed by atoms with Crippen LogP contribution in [0.5, 0.6) is 0 Å². The number of halogens is 1. The van der Waals surface area contributed by atoms with Crippen LogP contribution in [-0.4, -0.2) is 48.4 Å². The molecular formula is C19H27FN2O. The quantitative estimate of drug-likeness (QED) is 0.721. The molecule has 1 heterocycles. The SMILES string of the molecule is CCCN1CCC=C(CN(CCc2ccc(F)cc2)C(C)=O)C1. The summed E-state index contributed by atoms with van der Waals surface area (Å²) >= 11 is 0. The molecule has 1 amide bonds. The van der Waals surface area contributed by atoms with Gasteiger partial charge in [-0.15, -0.1) is 0 Å². The van der Waals surface area contributed by atoms with E-state index in [2.05, 4.69) is 17.9 Å². The molecule has 0 saturated heterocycles. The number of amides is 1. The Balaban J connectivity index is 1.89. The molecule has 126 valence electrons. The monoisotopic (exact) mass is 318 g/mol. The highest BCUT2D eigenvalue weighted by Gasteiger charge is 2.16. The average Bonchev–Trinajstić information content (AvgIpc) is 2.53. The first-order valence-corrected chi connectivity index (χ1v) is 8.48. The number of hydrogen-bond acceptors (Lipinski definition) is 2. The summed E-state index contributed by atoms with van der Waals surface area (Å²) in [5, 5.41) is 0. The maximum absolute atomic E-state index is 12.9. The van der Waals surface area contributed by atoms with Crippen LogP contribution in [0.4, 0.5) is 4.39 Å². The third kappa shape index (κ3) is 5.79. The van der Waals surface area contributed by atoms with E-state index in [0.29, 0.717) is 13.1 Å². The zero-order valence-electron chi connectivity index (χ0n) is 14.2. The van der Waals surface area contributed by atoms with Gasteiger partial charge in [0.2, 0.25) is 5.91 Å². The largest absolute Gasteiger partial charge is 0.339 e. The van der Waals surface area contributed by atoms with Crippen molar-refractivity contribution in [1.29, 1.82) is 0 Å². The highest BCUT2D eigenvalue weighted by atomic mass is 19.1. The molecule has 0 fully saturated rings. The fraction of sp³-hybridized carbons (Fsp3) is 0.526. The van der Waals surface area contributed by atoms with E-state index in [4.69, 9.17) is 0 Å². The van der Waals surface area contributed by atoms with Crippen LogP contribution in [0.2, 0.25) is 0 Å². The highest BCUT2D eigenvalue weighted by molar-refractivity contribution is 5.73. The van der Waals surface area contributed by atoms with Gasteiger partial charge in [-0.25, -0.2) is 4.39 Å². The molecule has 23 heavy (non-hydrogen) atoms. The summed E-state index contributed by atoms with van der Waals surface area (Å²) in [6, 6.07) is 6.52. The fourth-order valence-electron chi connectivity index (χ4n) is 3.01. The van der Waals surface area contributed by atoms with Gasteiger partial charge >= 0.3 is 0 Å². The van der Waals surface area contributed by atoms with Crippen molar-refractivity contribution in [2.75, 3.05) is 32.7 Å². The molecule has 1 aromatic rings. The van der Waals surface area contributed by atoms with Crippen LogP contribution in [0.1, 0.15) is 32.3 Å². The minimum Gasteiger partial charge on any atom is -0.339 e. The summed E-state index contributed by atoms with van der Waals surface area (Å²) in [5.41, 5.74) is 2.39. The van der Waals surface area contributed by atoms with Crippen molar-refractivity contribution >= 4 is 5.91 Å². The van der Waals surface area contributed by atoms with Crippen LogP contribution in [0.25, 0.3) is 0 Å². The normalized spacial score (nSPS) is 15.3. The molecular weight excluding hydrogens is 291 g/mol. The molecule has 0 bridgehead atoms. The highest BCUT2D eigenvalue weighted by Crippen LogP contribution is 2.13. The van der Waals surface area contributed by atoms with Crippen LogP contribution < -0.4 is 0 Å². The van der Waals surface area contributed by atoms with Crippen molar-refractivity contribution in [3.8, 4) is 0 Å². The lowest BCUT2D eigenvalue weighted by atomic mass is 10.1. The molecule has 0 unspecified atom stereocenters. The molecule has 0 aliphatic carbocycles. The van der Waals surface area contributed by atoms with Gasteiger partial charge in [-0.3, -0.25) is 9.69 Å². The summed E-state index contributed by atoms with van der Waals surface area (Å²) in [4.78, 5) is 16.3. The Labute approximate surface area is 138 Å². The van der Waals surface area contributed by atoms with Gasteiger partial charge < -0.3 is 4.90 Å². The van der Waals surface area contributed by atoms with Gasteiger partial charge in [-0.2, -0.15) is 0 Å². The number of hydrogen-bond donors (Lipinski definition) is 0. The van der Waals surface area contributed by atoms with E-state index >= 15 is 0 Å². The number of nitrogens with zero attached hydrogens (tertiary/aromatic N) is 2. The van der Waals surface area contributed by atoms with Gasteiger partial charge in [0, 0.05) is 33.1 Å². The van der Waals surface area contributed by atoms with Crippen LogP contribution in [0.3, 0.4) is 0 Å². The number of carbonyl (C=O) groups is 1. The lowest BCUT2D eigenvalue weighted by Crippen LogP contribution is -2.38. The summed E-state index contributed by atoms with van der Waals surface area (Å²) < 4.78 is 12.9. The molecule has 0 atom stereocenters. The molecule has 0 spiro atoms. The Morgan fingerprint density at radius 3 is 2.70 bits per heavy atom. The second kappa shape index (κ2) is 8.82. The molecule has 4 heteroatoms. The van der Waals surface area contributed by atoms with E-state index in [1.807, 2.05) is 4.90 Å². The summed E-state index contributed by atoms with van der Waals surface area (Å²) in [7, 11) is 0. The van der Waals surface area contributed by atoms with Gasteiger partial charge in [-0.1, -0.05) is 25.1 Å². The van der Waals surface area contributed by atoms with Crippen LogP contribution in [0, 0.1) is 5.82 Å². The van der Waals surface area contributed by atoms with Gasteiger partial charge in [-0.05, 0) is 49.1 Å². The van der Waals surface area contributed by atoms with Crippen LogP contribution >= 0.6 is 0 Å². The molecule has 0 N–H and O–H groups in total. The van der Waals surface area contributed by atoms with E-state index in [9.17, 15) is 9.18 Å². The van der Waals surface area contributed by atoms with Gasteiger partial charge in [0.15, 0.2) is 0 Å². The minimum atomic E-state index is -0.222. The zero-order valence-corrected chi connectivity index (χ0v) is 14.2. The van der Waals surface area contributed by atoms with Crippen molar-refractivity contribution in [2.45, 2.75) is 33.1 Å². The van der Waals surface area contributed by atoms with Crippen LogP contribution in [0.15, 0.2) is 35.9 Å². The molecule has 1 aliphatic rings. The van der Waals surface area contributed by atoms with Gasteiger partial charge in [0.25, 0.3) is 0 Å². The molecule has 0 saturated carbocycles. The number of benzene rings is 1. The van der Waals surface area contributed by atoms with E-state index in [1.54, 1.807) is 19.1 Å². The smallest absolute Gasteiger partial charge is 0.219 e. The fourth-order valence-corrected chi connectivity index (χ4v) is 3.01. The maximum atomic E-state index is 12.9. The first kappa shape index (κ1) is 17.7. The van der Waals surface area contributed by atoms with E-state index < -0.39 is 0 Å². The number of rotatable bonds is 7. The summed E-state index contributed by atoms with van der Waals surface area (Å²) in [6.07, 6.45) is 5.26. The second-order valence-electron chi connectivity index (χ2n) is 6.24. The van der Waals surface area contributed by atoms with Crippen molar-refractivity contribution in [3.05, 3.63) is 47.3 Å². The summed E-state index contributed by atoms with van der Waals surface area (Å²) in [5.74, 6) is -0.124. The topological polar surface area (TPSA) is 23.6 Å². The molecule has 0 radical (unpaired) electrons. The molecule has 3 nitrogen and oxygen atoms in total. The maximum Gasteiger partial charge on any atom is 0.219 e. The Kier molecular flexibility index (Phi) is 6.78. The lowest BCUT2D eigenvalue weighted by Gasteiger charge is -2.30. The second-order valence-corrected chi connectivity index (χ2v) is 6.24. The first-order valence-electron chi connectivity index (χ1n) is 8.48. The molecule has 2 rings (SSSR count). The molecule has 1 aromatic carbocycles.